The molecular weight excluding hydrogens is 590 g/mol. The quantitative estimate of drug-likeness (QED) is 0.0955. The summed E-state index contributed by atoms with van der Waals surface area (Å²) in [6.07, 6.45) is -17.6. The van der Waals surface area contributed by atoms with Crippen molar-refractivity contribution in [1.29, 1.82) is 0 Å². The number of hydrogen-bond acceptors (Lipinski definition) is 17. The summed E-state index contributed by atoms with van der Waals surface area (Å²) in [6.45, 7) is -0.550. The average molecular weight is 636 g/mol. The van der Waals surface area contributed by atoms with Crippen LogP contribution in [0.15, 0.2) is 30.3 Å². The summed E-state index contributed by atoms with van der Waals surface area (Å²) in [5.41, 5.74) is 13.0. The molecule has 3 aliphatic rings. The Hall–Kier alpha value is -1.46. The van der Waals surface area contributed by atoms with Crippen LogP contribution in [0.5, 0.6) is 0 Å². The van der Waals surface area contributed by atoms with E-state index in [1.807, 2.05) is 30.3 Å². The second-order valence-corrected chi connectivity index (χ2v) is 11.2. The van der Waals surface area contributed by atoms with Gasteiger partial charge in [-0.2, -0.15) is 0 Å². The molecular formula is C27H45N3O14. The van der Waals surface area contributed by atoms with Crippen molar-refractivity contribution < 1.29 is 69.3 Å². The molecule has 0 bridgehead atoms. The van der Waals surface area contributed by atoms with E-state index in [1.54, 1.807) is 0 Å². The predicted octanol–water partition coefficient (Wildman–Crippen LogP) is -5.48. The standard InChI is InChI=1S/C27H45N3O14/c1-11(34)30-18-21(37)22(43-26-16(28)20(36)19(35)13(7-31)41-26)14(8-32)42-27(18)44-23-15(9-33)40-25(38)17(29)24(23)39-10-12-5-3-2-4-6-12/h2-6,11,13-27,30-38H,7-10,28-29H2,1H3/t11?,13-,14-,15-,16-,17-,18-,19-,20-,21-,22?,23?,24-,25-,26+,27+/m1/s1. The van der Waals surface area contributed by atoms with Crippen LogP contribution in [-0.4, -0.2) is 159 Å². The van der Waals surface area contributed by atoms with Gasteiger partial charge in [-0.1, -0.05) is 30.3 Å². The molecule has 0 aromatic heterocycles. The molecule has 16 atom stereocenters. The molecule has 3 aliphatic heterocycles. The molecule has 3 heterocycles. The zero-order chi connectivity index (χ0) is 32.1. The van der Waals surface area contributed by atoms with Crippen molar-refractivity contribution in [3.63, 3.8) is 0 Å². The van der Waals surface area contributed by atoms with E-state index in [0.717, 1.165) is 5.56 Å². The summed E-state index contributed by atoms with van der Waals surface area (Å²) >= 11 is 0. The maximum absolute atomic E-state index is 11.5. The third-order valence-corrected chi connectivity index (χ3v) is 7.98. The smallest absolute Gasteiger partial charge is 0.176 e. The monoisotopic (exact) mass is 635 g/mol. The fourth-order valence-electron chi connectivity index (χ4n) is 5.57. The molecule has 0 saturated carbocycles. The Morgan fingerprint density at radius 3 is 1.95 bits per heavy atom. The molecule has 3 saturated heterocycles. The highest BCUT2D eigenvalue weighted by atomic mass is 16.7. The Bertz CT molecular complexity index is 998. The molecule has 3 fully saturated rings. The van der Waals surface area contributed by atoms with Crippen molar-refractivity contribution in [2.24, 2.45) is 11.5 Å². The SMILES string of the molecule is CC(O)N[C@H]1[C@H](OC2[C@@H](CO)O[C@@H](O)[C@H](N)[C@H]2OCc2ccccc2)O[C@H](CO)C(O[C@@H]2O[C@H](CO)[C@@H](O)[C@H](O)[C@H]2N)[C@@H]1O. The lowest BCUT2D eigenvalue weighted by Crippen LogP contribution is -2.70. The minimum atomic E-state index is -1.59. The molecule has 1 aromatic carbocycles. The number of hydrogen-bond donors (Lipinski definition) is 11. The van der Waals surface area contributed by atoms with Crippen molar-refractivity contribution >= 4 is 0 Å². The van der Waals surface area contributed by atoms with Crippen LogP contribution in [-0.2, 0) is 35.0 Å². The Balaban J connectivity index is 1.57. The first kappa shape index (κ1) is 35.4. The lowest BCUT2D eigenvalue weighted by molar-refractivity contribution is -0.353. The number of aliphatic hydroxyl groups excluding tert-OH is 8. The highest BCUT2D eigenvalue weighted by Gasteiger charge is 2.53. The van der Waals surface area contributed by atoms with Gasteiger partial charge in [-0.25, -0.2) is 0 Å². The number of rotatable bonds is 12. The Kier molecular flexibility index (Phi) is 12.8. The topological polar surface area (TPSA) is 281 Å². The summed E-state index contributed by atoms with van der Waals surface area (Å²) < 4.78 is 35.1. The zero-order valence-electron chi connectivity index (χ0n) is 24.1. The van der Waals surface area contributed by atoms with E-state index in [-0.39, 0.29) is 6.61 Å². The van der Waals surface area contributed by atoms with Crippen molar-refractivity contribution in [1.82, 2.24) is 5.32 Å². The predicted molar refractivity (Wildman–Crippen MR) is 147 cm³/mol. The van der Waals surface area contributed by atoms with Crippen LogP contribution in [0.1, 0.15) is 12.5 Å². The van der Waals surface area contributed by atoms with Crippen molar-refractivity contribution in [2.45, 2.75) is 112 Å². The van der Waals surface area contributed by atoms with Crippen LogP contribution < -0.4 is 16.8 Å². The molecule has 0 radical (unpaired) electrons. The summed E-state index contributed by atoms with van der Waals surface area (Å²) in [7, 11) is 0. The number of benzene rings is 1. The summed E-state index contributed by atoms with van der Waals surface area (Å²) in [5, 5.41) is 85.1. The van der Waals surface area contributed by atoms with Gasteiger partial charge in [0.25, 0.3) is 0 Å². The van der Waals surface area contributed by atoms with Crippen LogP contribution in [0.25, 0.3) is 0 Å². The largest absolute Gasteiger partial charge is 0.394 e. The minimum Gasteiger partial charge on any atom is -0.394 e. The molecule has 13 N–H and O–H groups in total. The molecule has 252 valence electrons. The van der Waals surface area contributed by atoms with Crippen molar-refractivity contribution in [2.75, 3.05) is 19.8 Å². The first-order valence-electron chi connectivity index (χ1n) is 14.4. The van der Waals surface area contributed by atoms with E-state index in [2.05, 4.69) is 5.32 Å². The molecule has 4 rings (SSSR count). The van der Waals surface area contributed by atoms with Gasteiger partial charge in [0, 0.05) is 0 Å². The van der Waals surface area contributed by atoms with Gasteiger partial charge < -0.3 is 80.7 Å². The van der Waals surface area contributed by atoms with Gasteiger partial charge in [0.05, 0.1) is 44.6 Å². The number of nitrogens with two attached hydrogens (primary N) is 2. The van der Waals surface area contributed by atoms with Gasteiger partial charge in [-0.05, 0) is 12.5 Å². The van der Waals surface area contributed by atoms with Crippen molar-refractivity contribution in [3.8, 4) is 0 Å². The van der Waals surface area contributed by atoms with Gasteiger partial charge in [0.1, 0.15) is 61.2 Å². The molecule has 44 heavy (non-hydrogen) atoms. The molecule has 0 aliphatic carbocycles. The van der Waals surface area contributed by atoms with Crippen LogP contribution in [0.2, 0.25) is 0 Å². The molecule has 0 spiro atoms. The second kappa shape index (κ2) is 15.9. The Morgan fingerprint density at radius 1 is 0.750 bits per heavy atom. The van der Waals surface area contributed by atoms with E-state index < -0.39 is 118 Å². The third kappa shape index (κ3) is 7.91. The average Bonchev–Trinajstić information content (AvgIpc) is 3.01. The van der Waals surface area contributed by atoms with Crippen LogP contribution >= 0.6 is 0 Å². The van der Waals surface area contributed by atoms with Gasteiger partial charge >= 0.3 is 0 Å². The van der Waals surface area contributed by atoms with E-state index in [1.165, 1.54) is 6.92 Å². The number of aliphatic hydroxyl groups is 8. The first-order chi connectivity index (χ1) is 21.0. The molecule has 3 unspecified atom stereocenters. The molecule has 1 aromatic rings. The van der Waals surface area contributed by atoms with Crippen LogP contribution in [0, 0.1) is 0 Å². The first-order valence-corrected chi connectivity index (χ1v) is 14.4. The van der Waals surface area contributed by atoms with Gasteiger partial charge in [0.15, 0.2) is 18.9 Å². The van der Waals surface area contributed by atoms with E-state index in [9.17, 15) is 40.9 Å². The van der Waals surface area contributed by atoms with Gasteiger partial charge in [0.2, 0.25) is 0 Å². The molecule has 17 nitrogen and oxygen atoms in total. The minimum absolute atomic E-state index is 0.0691. The Labute approximate surface area is 253 Å². The van der Waals surface area contributed by atoms with E-state index >= 15 is 0 Å². The second-order valence-electron chi connectivity index (χ2n) is 11.2. The van der Waals surface area contributed by atoms with Crippen LogP contribution in [0.4, 0.5) is 0 Å². The van der Waals surface area contributed by atoms with Crippen LogP contribution in [0.3, 0.4) is 0 Å². The van der Waals surface area contributed by atoms with E-state index in [4.69, 9.17) is 39.9 Å². The zero-order valence-corrected chi connectivity index (χ0v) is 24.1. The lowest BCUT2D eigenvalue weighted by Gasteiger charge is -2.50. The normalized spacial score (nSPS) is 43.9. The molecule has 17 heteroatoms. The molecule has 0 amide bonds. The number of nitrogens with one attached hydrogen (secondary N) is 1. The highest BCUT2D eigenvalue weighted by Crippen LogP contribution is 2.33. The lowest BCUT2D eigenvalue weighted by atomic mass is 9.94. The highest BCUT2D eigenvalue weighted by molar-refractivity contribution is 5.13. The van der Waals surface area contributed by atoms with Crippen molar-refractivity contribution in [3.05, 3.63) is 35.9 Å². The number of ether oxygens (including phenoxy) is 6. The fourth-order valence-corrected chi connectivity index (χ4v) is 5.57. The Morgan fingerprint density at radius 2 is 1.34 bits per heavy atom. The van der Waals surface area contributed by atoms with Gasteiger partial charge in [-0.15, -0.1) is 0 Å². The third-order valence-electron chi connectivity index (χ3n) is 7.98. The maximum atomic E-state index is 11.5. The van der Waals surface area contributed by atoms with Gasteiger partial charge in [-0.3, -0.25) is 5.32 Å². The maximum Gasteiger partial charge on any atom is 0.176 e. The summed E-state index contributed by atoms with van der Waals surface area (Å²) in [6, 6.07) is 5.41. The fraction of sp³-hybridized carbons (Fsp3) is 0.778. The summed E-state index contributed by atoms with van der Waals surface area (Å²) in [5.74, 6) is 0. The summed E-state index contributed by atoms with van der Waals surface area (Å²) in [4.78, 5) is 0. The van der Waals surface area contributed by atoms with E-state index in [0.29, 0.717) is 0 Å².